The van der Waals surface area contributed by atoms with Gasteiger partial charge in [-0.15, -0.1) is 13.2 Å². The smallest absolute Gasteiger partial charge is 0.0171 e. The minimum Gasteiger partial charge on any atom is -0.103 e. The summed E-state index contributed by atoms with van der Waals surface area (Å²) in [4.78, 5) is 0. The molecule has 0 heteroatoms. The first-order valence-electron chi connectivity index (χ1n) is 18.4. The van der Waals surface area contributed by atoms with Crippen molar-refractivity contribution in [3.63, 3.8) is 0 Å². The Labute approximate surface area is 271 Å². The molecule has 0 spiro atoms. The fourth-order valence-corrected chi connectivity index (χ4v) is 7.25. The molecular formula is C43H74. The summed E-state index contributed by atoms with van der Waals surface area (Å²) in [7, 11) is 0. The van der Waals surface area contributed by atoms with Gasteiger partial charge >= 0.3 is 0 Å². The monoisotopic (exact) mass is 591 g/mol. The fourth-order valence-electron chi connectivity index (χ4n) is 7.25. The highest BCUT2D eigenvalue weighted by Crippen LogP contribution is 2.47. The van der Waals surface area contributed by atoms with E-state index in [9.17, 15) is 0 Å². The van der Waals surface area contributed by atoms with Crippen molar-refractivity contribution in [2.75, 3.05) is 0 Å². The Hall–Kier alpha value is -1.56. The minimum absolute atomic E-state index is 0.679. The molecule has 3 saturated carbocycles. The zero-order valence-electron chi connectivity index (χ0n) is 30.3. The third-order valence-corrected chi connectivity index (χ3v) is 10.3. The van der Waals surface area contributed by atoms with E-state index in [0.717, 1.165) is 47.8 Å². The molecule has 0 aromatic carbocycles. The molecule has 0 N–H and O–H groups in total. The molecule has 0 aromatic heterocycles. The summed E-state index contributed by atoms with van der Waals surface area (Å²) in [5, 5.41) is 0. The number of rotatable bonds is 13. The van der Waals surface area contributed by atoms with E-state index < -0.39 is 0 Å². The molecule has 0 heterocycles. The molecule has 6 unspecified atom stereocenters. The molecule has 0 bridgehead atoms. The van der Waals surface area contributed by atoms with E-state index in [1.54, 1.807) is 5.57 Å². The summed E-state index contributed by atoms with van der Waals surface area (Å²) in [6, 6.07) is 0. The highest BCUT2D eigenvalue weighted by atomic mass is 14.4. The van der Waals surface area contributed by atoms with E-state index >= 15 is 0 Å². The Bertz CT molecular complexity index is 841. The average Bonchev–Trinajstić information content (AvgIpc) is 3.34. The van der Waals surface area contributed by atoms with E-state index in [4.69, 9.17) is 0 Å². The van der Waals surface area contributed by atoms with Gasteiger partial charge in [0.2, 0.25) is 0 Å². The van der Waals surface area contributed by atoms with Gasteiger partial charge in [0.25, 0.3) is 0 Å². The van der Waals surface area contributed by atoms with Crippen LogP contribution in [-0.4, -0.2) is 0 Å². The van der Waals surface area contributed by atoms with Crippen molar-refractivity contribution in [1.29, 1.82) is 0 Å². The third-order valence-electron chi connectivity index (χ3n) is 10.3. The molecule has 3 aliphatic rings. The van der Waals surface area contributed by atoms with Gasteiger partial charge in [-0.25, -0.2) is 0 Å². The summed E-state index contributed by atoms with van der Waals surface area (Å²) in [6.45, 7) is 30.2. The van der Waals surface area contributed by atoms with Crippen molar-refractivity contribution in [3.8, 4) is 0 Å². The number of hydrogen-bond acceptors (Lipinski definition) is 0. The van der Waals surface area contributed by atoms with Crippen LogP contribution in [0.5, 0.6) is 0 Å². The van der Waals surface area contributed by atoms with Crippen molar-refractivity contribution in [2.45, 2.75) is 145 Å². The van der Waals surface area contributed by atoms with Crippen LogP contribution in [0.1, 0.15) is 145 Å². The molecule has 3 aliphatic carbocycles. The first kappa shape index (κ1) is 39.5. The highest BCUT2D eigenvalue weighted by molar-refractivity contribution is 5.10. The second-order valence-electron chi connectivity index (χ2n) is 15.5. The standard InChI is InChI=1S/2C15H26.C13H22/c1-11(2)4-6-13-7-9-15-12(3)5-8-14(15)10-13;1-14(2)12-10-8-6-5-7-9-11-13-15(3)4;1-5-11-7-8-13(10(3)4)9-12(11)6-2/h11,13-15H,3-10H2,1-2H3;6,8-9,11,13-14H,5,7,10,12H2,1-4H3;5-6,10-13H,1-2,7-9H2,3-4H3/b;8-6+,11-9+;. The first-order valence-corrected chi connectivity index (χ1v) is 18.4. The Morgan fingerprint density at radius 1 is 0.744 bits per heavy atom. The van der Waals surface area contributed by atoms with Gasteiger partial charge in [-0.3, -0.25) is 0 Å². The van der Waals surface area contributed by atoms with Crippen LogP contribution in [0, 0.1) is 53.3 Å². The van der Waals surface area contributed by atoms with Crippen LogP contribution < -0.4 is 0 Å². The van der Waals surface area contributed by atoms with E-state index in [0.29, 0.717) is 11.8 Å². The predicted molar refractivity (Wildman–Crippen MR) is 197 cm³/mol. The molecule has 0 radical (unpaired) electrons. The zero-order chi connectivity index (χ0) is 32.2. The van der Waals surface area contributed by atoms with Gasteiger partial charge in [0.1, 0.15) is 0 Å². The van der Waals surface area contributed by atoms with Crippen LogP contribution in [0.15, 0.2) is 73.4 Å². The van der Waals surface area contributed by atoms with Crippen molar-refractivity contribution in [3.05, 3.63) is 73.4 Å². The van der Waals surface area contributed by atoms with Crippen LogP contribution in [0.3, 0.4) is 0 Å². The lowest BCUT2D eigenvalue weighted by Crippen LogP contribution is -2.24. The highest BCUT2D eigenvalue weighted by Gasteiger charge is 2.35. The summed E-state index contributed by atoms with van der Waals surface area (Å²) < 4.78 is 0. The third kappa shape index (κ3) is 17.5. The molecule has 0 saturated heterocycles. The predicted octanol–water partition coefficient (Wildman–Crippen LogP) is 14.1. The van der Waals surface area contributed by atoms with Crippen LogP contribution in [-0.2, 0) is 0 Å². The fraction of sp³-hybridized carbons (Fsp3) is 0.721. The Morgan fingerprint density at radius 2 is 1.40 bits per heavy atom. The lowest BCUT2D eigenvalue weighted by molar-refractivity contribution is 0.204. The summed E-state index contributed by atoms with van der Waals surface area (Å²) in [5.74, 6) is 7.79. The molecule has 3 fully saturated rings. The van der Waals surface area contributed by atoms with Crippen LogP contribution in [0.2, 0.25) is 0 Å². The largest absolute Gasteiger partial charge is 0.103 e. The van der Waals surface area contributed by atoms with Gasteiger partial charge in [0.15, 0.2) is 0 Å². The van der Waals surface area contributed by atoms with Crippen molar-refractivity contribution >= 4 is 0 Å². The molecule has 3 rings (SSSR count). The summed E-state index contributed by atoms with van der Waals surface area (Å²) in [6.07, 6.45) is 34.4. The molecule has 246 valence electrons. The van der Waals surface area contributed by atoms with Crippen LogP contribution >= 0.6 is 0 Å². The summed E-state index contributed by atoms with van der Waals surface area (Å²) >= 11 is 0. The number of fused-ring (bicyclic) bond motifs is 1. The maximum absolute atomic E-state index is 4.24. The van der Waals surface area contributed by atoms with E-state index in [-0.39, 0.29) is 0 Å². The molecule has 0 aliphatic heterocycles. The number of hydrogen-bond donors (Lipinski definition) is 0. The minimum atomic E-state index is 0.679. The van der Waals surface area contributed by atoms with Crippen LogP contribution in [0.25, 0.3) is 0 Å². The van der Waals surface area contributed by atoms with Gasteiger partial charge < -0.3 is 0 Å². The van der Waals surface area contributed by atoms with Gasteiger partial charge in [-0.1, -0.05) is 115 Å². The van der Waals surface area contributed by atoms with Gasteiger partial charge in [0, 0.05) is 0 Å². The van der Waals surface area contributed by atoms with E-state index in [2.05, 4.69) is 118 Å². The normalized spacial score (nSPS) is 27.1. The molecule has 6 atom stereocenters. The lowest BCUT2D eigenvalue weighted by Gasteiger charge is -2.34. The number of allylic oxidation sites excluding steroid dienone is 9. The van der Waals surface area contributed by atoms with E-state index in [1.165, 1.54) is 89.0 Å². The SMILES string of the molecule is C=C1CCC2CC(CCC(C)C)CCC12.C=CC1CCC(C(C)C)CC1C=C.CC(C)=C/C=C/CC/C=C/CCC(C)C. The second-order valence-corrected chi connectivity index (χ2v) is 15.5. The number of unbranched alkanes of at least 4 members (excludes halogenated alkanes) is 1. The topological polar surface area (TPSA) is 0 Å². The zero-order valence-corrected chi connectivity index (χ0v) is 30.3. The van der Waals surface area contributed by atoms with E-state index in [1.807, 2.05) is 0 Å². The van der Waals surface area contributed by atoms with Crippen LogP contribution in [0.4, 0.5) is 0 Å². The molecule has 0 nitrogen and oxygen atoms in total. The maximum Gasteiger partial charge on any atom is -0.0171 e. The lowest BCUT2D eigenvalue weighted by atomic mass is 9.71. The Morgan fingerprint density at radius 3 is 2.00 bits per heavy atom. The molecular weight excluding hydrogens is 516 g/mol. The second kappa shape index (κ2) is 22.9. The molecule has 0 amide bonds. The van der Waals surface area contributed by atoms with Gasteiger partial charge in [-0.05, 0) is 144 Å². The average molecular weight is 591 g/mol. The first-order chi connectivity index (χ1) is 20.5. The Balaban J connectivity index is 0.000000324. The molecule has 43 heavy (non-hydrogen) atoms. The van der Waals surface area contributed by atoms with Crippen molar-refractivity contribution in [2.24, 2.45) is 53.3 Å². The summed E-state index contributed by atoms with van der Waals surface area (Å²) in [5.41, 5.74) is 2.93. The van der Waals surface area contributed by atoms with Crippen molar-refractivity contribution < 1.29 is 0 Å². The van der Waals surface area contributed by atoms with Gasteiger partial charge in [-0.2, -0.15) is 0 Å². The van der Waals surface area contributed by atoms with Crippen molar-refractivity contribution in [1.82, 2.24) is 0 Å². The maximum atomic E-state index is 4.24. The quantitative estimate of drug-likeness (QED) is 0.114. The Kier molecular flexibility index (Phi) is 21.0. The molecule has 0 aromatic rings. The van der Waals surface area contributed by atoms with Gasteiger partial charge in [0.05, 0.1) is 0 Å².